The van der Waals surface area contributed by atoms with Crippen molar-refractivity contribution in [3.05, 3.63) is 0 Å². The fourth-order valence-electron chi connectivity index (χ4n) is 2.56. The van der Waals surface area contributed by atoms with Crippen molar-refractivity contribution in [2.45, 2.75) is 0 Å². The van der Waals surface area contributed by atoms with Crippen molar-refractivity contribution in [3.8, 4) is 0 Å². The molecular weight excluding hydrogens is 270 g/mol. The van der Waals surface area contributed by atoms with E-state index in [0.29, 0.717) is 21.8 Å². The minimum Gasteiger partial charge on any atom is -0.396 e. The van der Waals surface area contributed by atoms with Crippen molar-refractivity contribution in [1.29, 1.82) is 0 Å². The normalized spacial score (nSPS) is 11.4. The van der Waals surface area contributed by atoms with Crippen LogP contribution in [0, 0.1) is 0 Å². The zero-order chi connectivity index (χ0) is 15.6. The first kappa shape index (κ1) is 12.7. The Balaban J connectivity index is 2.73. The zero-order valence-electron chi connectivity index (χ0n) is 11.1. The molecule has 0 saturated carbocycles. The van der Waals surface area contributed by atoms with Gasteiger partial charge in [-0.25, -0.2) is 0 Å². The van der Waals surface area contributed by atoms with E-state index in [9.17, 15) is 0 Å². The molecule has 0 unspecified atom stereocenters. The number of hydrogen-bond donors (Lipinski definition) is 9. The lowest BCUT2D eigenvalue weighted by Gasteiger charge is -2.12. The first-order chi connectivity index (χ1) is 9.77. The van der Waals surface area contributed by atoms with Crippen LogP contribution in [-0.2, 0) is 0 Å². The summed E-state index contributed by atoms with van der Waals surface area (Å²) in [7, 11) is 0. The Bertz CT molecular complexity index is 848. The fraction of sp³-hybridized carbons (Fsp3) is 0. The minimum absolute atomic E-state index is 0.189. The summed E-state index contributed by atoms with van der Waals surface area (Å²) in [4.78, 5) is 3.05. The number of nitrogen functional groups attached to an aromatic ring is 8. The second-order valence-electron chi connectivity index (χ2n) is 4.93. The van der Waals surface area contributed by atoms with Gasteiger partial charge in [-0.15, -0.1) is 0 Å². The second-order valence-corrected chi connectivity index (χ2v) is 4.93. The molecule has 3 rings (SSSR count). The number of nitrogens with two attached hydrogens (primary N) is 8. The summed E-state index contributed by atoms with van der Waals surface area (Å²) in [5.41, 5.74) is 50.4. The number of rotatable bonds is 0. The highest BCUT2D eigenvalue weighted by molar-refractivity contribution is 6.29. The van der Waals surface area contributed by atoms with Crippen molar-refractivity contribution < 1.29 is 0 Å². The van der Waals surface area contributed by atoms with Crippen LogP contribution in [0.15, 0.2) is 0 Å². The highest BCUT2D eigenvalue weighted by atomic mass is 14.9. The molecule has 0 aliphatic rings. The predicted molar refractivity (Wildman–Crippen MR) is 91.1 cm³/mol. The molecule has 3 aromatic rings. The average Bonchev–Trinajstić information content (AvgIpc) is 2.87. The van der Waals surface area contributed by atoms with E-state index < -0.39 is 0 Å². The highest BCUT2D eigenvalue weighted by Crippen LogP contribution is 2.47. The van der Waals surface area contributed by atoms with Crippen LogP contribution in [0.3, 0.4) is 0 Å². The van der Waals surface area contributed by atoms with Gasteiger partial charge in [0, 0.05) is 10.8 Å². The minimum atomic E-state index is 0.189. The molecule has 0 amide bonds. The molecule has 0 saturated heterocycles. The monoisotopic (exact) mass is 287 g/mol. The molecule has 9 nitrogen and oxygen atoms in total. The van der Waals surface area contributed by atoms with E-state index in [1.54, 1.807) is 0 Å². The third-order valence-corrected chi connectivity index (χ3v) is 3.82. The quantitative estimate of drug-likeness (QED) is 0.254. The summed E-state index contributed by atoms with van der Waals surface area (Å²) in [6.07, 6.45) is 0. The van der Waals surface area contributed by atoms with Crippen molar-refractivity contribution in [2.75, 3.05) is 45.9 Å². The number of H-pyrrole nitrogens is 1. The molecule has 0 bridgehead atoms. The number of anilines is 8. The van der Waals surface area contributed by atoms with Gasteiger partial charge in [0.05, 0.1) is 56.5 Å². The van der Waals surface area contributed by atoms with Crippen molar-refractivity contribution >= 4 is 67.3 Å². The number of benzene rings is 2. The molecule has 1 heterocycles. The van der Waals surface area contributed by atoms with Gasteiger partial charge in [-0.05, 0) is 0 Å². The number of hydrogen-bond acceptors (Lipinski definition) is 8. The largest absolute Gasteiger partial charge is 0.396 e. The van der Waals surface area contributed by atoms with Crippen LogP contribution in [0.2, 0.25) is 0 Å². The number of aromatic nitrogens is 1. The molecule has 0 atom stereocenters. The highest BCUT2D eigenvalue weighted by Gasteiger charge is 2.22. The average molecular weight is 287 g/mol. The summed E-state index contributed by atoms with van der Waals surface area (Å²) in [6.45, 7) is 0. The predicted octanol–water partition coefficient (Wildman–Crippen LogP) is -0.0213. The Morgan fingerprint density at radius 1 is 0.381 bits per heavy atom. The van der Waals surface area contributed by atoms with Crippen molar-refractivity contribution in [1.82, 2.24) is 4.98 Å². The molecule has 9 heteroatoms. The van der Waals surface area contributed by atoms with Gasteiger partial charge >= 0.3 is 0 Å². The number of nitrogens with one attached hydrogen (secondary N) is 1. The van der Waals surface area contributed by atoms with E-state index >= 15 is 0 Å². The molecule has 0 fully saturated rings. The maximum atomic E-state index is 6.06. The first-order valence-corrected chi connectivity index (χ1v) is 6.06. The SMILES string of the molecule is Nc1c(N)c(N)c2c([nH]c3c(N)c(N)c(N)c(N)c32)c1N. The molecule has 0 aliphatic heterocycles. The molecule has 110 valence electrons. The van der Waals surface area contributed by atoms with E-state index in [1.165, 1.54) is 0 Å². The lowest BCUT2D eigenvalue weighted by atomic mass is 10.0. The van der Waals surface area contributed by atoms with Crippen molar-refractivity contribution in [3.63, 3.8) is 0 Å². The van der Waals surface area contributed by atoms with Crippen LogP contribution in [0.25, 0.3) is 21.8 Å². The molecule has 1 aromatic heterocycles. The topological polar surface area (TPSA) is 224 Å². The van der Waals surface area contributed by atoms with Gasteiger partial charge in [-0.3, -0.25) is 0 Å². The molecule has 21 heavy (non-hydrogen) atoms. The van der Waals surface area contributed by atoms with E-state index in [0.717, 1.165) is 0 Å². The molecule has 17 N–H and O–H groups in total. The Kier molecular flexibility index (Phi) is 2.17. The van der Waals surface area contributed by atoms with Crippen LogP contribution in [0.1, 0.15) is 0 Å². The standard InChI is InChI=1S/C12H17N9/c13-3-1-2-4(14)6(16)8(18)10(20)12(2)21-11(1)9(19)7(17)5(3)15/h21H,13-20H2. The third-order valence-electron chi connectivity index (χ3n) is 3.82. The summed E-state index contributed by atoms with van der Waals surface area (Å²) in [5, 5.41) is 1.07. The van der Waals surface area contributed by atoms with E-state index in [2.05, 4.69) is 4.98 Å². The Hall–Kier alpha value is -3.36. The van der Waals surface area contributed by atoms with Crippen molar-refractivity contribution in [2.24, 2.45) is 0 Å². The van der Waals surface area contributed by atoms with Gasteiger partial charge in [-0.1, -0.05) is 0 Å². The number of aromatic amines is 1. The van der Waals surface area contributed by atoms with E-state index in [1.807, 2.05) is 0 Å². The summed E-state index contributed by atoms with van der Waals surface area (Å²) >= 11 is 0. The van der Waals surface area contributed by atoms with Gasteiger partial charge in [0.1, 0.15) is 0 Å². The second kappa shape index (κ2) is 3.60. The molecular formula is C12H17N9. The van der Waals surface area contributed by atoms with Gasteiger partial charge < -0.3 is 50.9 Å². The fourth-order valence-corrected chi connectivity index (χ4v) is 2.56. The van der Waals surface area contributed by atoms with E-state index in [4.69, 9.17) is 45.9 Å². The van der Waals surface area contributed by atoms with Crippen LogP contribution in [0.5, 0.6) is 0 Å². The summed E-state index contributed by atoms with van der Waals surface area (Å²) < 4.78 is 0. The van der Waals surface area contributed by atoms with Gasteiger partial charge in [0.2, 0.25) is 0 Å². The molecule has 0 aliphatic carbocycles. The first-order valence-electron chi connectivity index (χ1n) is 6.06. The third kappa shape index (κ3) is 1.29. The Morgan fingerprint density at radius 3 is 1.00 bits per heavy atom. The summed E-state index contributed by atoms with van der Waals surface area (Å²) in [5.74, 6) is 0. The molecule has 0 radical (unpaired) electrons. The Morgan fingerprint density at radius 2 is 0.667 bits per heavy atom. The molecule has 0 spiro atoms. The summed E-state index contributed by atoms with van der Waals surface area (Å²) in [6, 6.07) is 0. The van der Waals surface area contributed by atoms with Crippen LogP contribution in [0.4, 0.5) is 45.5 Å². The number of fused-ring (bicyclic) bond motifs is 3. The smallest absolute Gasteiger partial charge is 0.0824 e. The van der Waals surface area contributed by atoms with Crippen LogP contribution in [-0.4, -0.2) is 4.98 Å². The lowest BCUT2D eigenvalue weighted by molar-refractivity contribution is 1.54. The maximum Gasteiger partial charge on any atom is 0.0824 e. The maximum absolute atomic E-state index is 6.06. The van der Waals surface area contributed by atoms with Crippen LogP contribution < -0.4 is 45.9 Å². The van der Waals surface area contributed by atoms with Gasteiger partial charge in [0.25, 0.3) is 0 Å². The van der Waals surface area contributed by atoms with E-state index in [-0.39, 0.29) is 45.5 Å². The van der Waals surface area contributed by atoms with Gasteiger partial charge in [-0.2, -0.15) is 0 Å². The Labute approximate surface area is 119 Å². The lowest BCUT2D eigenvalue weighted by Crippen LogP contribution is -2.06. The van der Waals surface area contributed by atoms with Crippen LogP contribution >= 0.6 is 0 Å². The zero-order valence-corrected chi connectivity index (χ0v) is 11.1. The van der Waals surface area contributed by atoms with Gasteiger partial charge in [0.15, 0.2) is 0 Å². The molecule has 2 aromatic carbocycles.